The zero-order valence-corrected chi connectivity index (χ0v) is 19.0. The molecule has 0 heterocycles. The van der Waals surface area contributed by atoms with Crippen molar-refractivity contribution in [1.29, 1.82) is 0 Å². The summed E-state index contributed by atoms with van der Waals surface area (Å²) < 4.78 is 16.3. The van der Waals surface area contributed by atoms with Gasteiger partial charge in [0.15, 0.2) is 18.1 Å². The molecule has 2 N–H and O–H groups in total. The fraction of sp³-hybridized carbons (Fsp3) is 0.440. The van der Waals surface area contributed by atoms with Gasteiger partial charge in [-0.25, -0.2) is 0 Å². The molecule has 1 atom stereocenters. The maximum absolute atomic E-state index is 12.6. The van der Waals surface area contributed by atoms with Crippen LogP contribution in [0.25, 0.3) is 0 Å². The molecule has 2 aromatic carbocycles. The third-order valence-electron chi connectivity index (χ3n) is 5.67. The predicted octanol–water partition coefficient (Wildman–Crippen LogP) is 3.35. The van der Waals surface area contributed by atoms with E-state index in [4.69, 9.17) is 14.2 Å². The molecule has 172 valence electrons. The highest BCUT2D eigenvalue weighted by atomic mass is 16.5. The zero-order valence-electron chi connectivity index (χ0n) is 19.0. The third-order valence-corrected chi connectivity index (χ3v) is 5.67. The van der Waals surface area contributed by atoms with Crippen molar-refractivity contribution in [2.24, 2.45) is 0 Å². The van der Waals surface area contributed by atoms with Crippen LogP contribution in [0.1, 0.15) is 48.8 Å². The minimum absolute atomic E-state index is 0.0224. The summed E-state index contributed by atoms with van der Waals surface area (Å²) in [6.45, 7) is 2.73. The van der Waals surface area contributed by atoms with E-state index >= 15 is 0 Å². The quantitative estimate of drug-likeness (QED) is 0.592. The van der Waals surface area contributed by atoms with Gasteiger partial charge in [-0.15, -0.1) is 0 Å². The Kier molecular flexibility index (Phi) is 8.36. The van der Waals surface area contributed by atoms with Gasteiger partial charge in [-0.2, -0.15) is 0 Å². The summed E-state index contributed by atoms with van der Waals surface area (Å²) in [6, 6.07) is 11.6. The lowest BCUT2D eigenvalue weighted by molar-refractivity contribution is -0.123. The number of likely N-dealkylation sites (N-methyl/N-ethyl adjacent to an activating group) is 1. The van der Waals surface area contributed by atoms with E-state index in [1.165, 1.54) is 11.1 Å². The first-order valence-electron chi connectivity index (χ1n) is 11.0. The number of hydrogen-bond donors (Lipinski definition) is 2. The van der Waals surface area contributed by atoms with Gasteiger partial charge in [0, 0.05) is 19.5 Å². The van der Waals surface area contributed by atoms with Crippen LogP contribution in [0.3, 0.4) is 0 Å². The van der Waals surface area contributed by atoms with E-state index in [9.17, 15) is 9.59 Å². The third kappa shape index (κ3) is 6.15. The van der Waals surface area contributed by atoms with E-state index in [0.717, 1.165) is 30.6 Å². The predicted molar refractivity (Wildman–Crippen MR) is 122 cm³/mol. The Morgan fingerprint density at radius 3 is 2.59 bits per heavy atom. The molecular formula is C25H32N2O5. The average Bonchev–Trinajstić information content (AvgIpc) is 2.81. The SMILES string of the molecule is CCNC(=O)COc1ccc(CNC(=O)CC2CCCc3cc(OC)ccc32)cc1OC. The molecule has 1 unspecified atom stereocenters. The highest BCUT2D eigenvalue weighted by Gasteiger charge is 2.23. The second kappa shape index (κ2) is 11.4. The van der Waals surface area contributed by atoms with Gasteiger partial charge in [0.2, 0.25) is 5.91 Å². The number of carbonyl (C=O) groups is 2. The Balaban J connectivity index is 1.55. The maximum atomic E-state index is 12.6. The summed E-state index contributed by atoms with van der Waals surface area (Å²) in [4.78, 5) is 24.2. The van der Waals surface area contributed by atoms with Crippen LogP contribution < -0.4 is 24.8 Å². The largest absolute Gasteiger partial charge is 0.497 e. The lowest BCUT2D eigenvalue weighted by Gasteiger charge is -2.25. The van der Waals surface area contributed by atoms with E-state index < -0.39 is 0 Å². The maximum Gasteiger partial charge on any atom is 0.257 e. The average molecular weight is 441 g/mol. The van der Waals surface area contributed by atoms with Crippen molar-refractivity contribution >= 4 is 11.8 Å². The van der Waals surface area contributed by atoms with Gasteiger partial charge in [-0.05, 0) is 73.1 Å². The molecule has 1 aliphatic carbocycles. The number of nitrogens with one attached hydrogen (secondary N) is 2. The molecule has 32 heavy (non-hydrogen) atoms. The number of methoxy groups -OCH3 is 2. The standard InChI is InChI=1S/C25H32N2O5/c1-4-26-25(29)16-32-22-11-8-17(12-23(22)31-3)15-27-24(28)14-19-7-5-6-18-13-20(30-2)9-10-21(18)19/h8-13,19H,4-7,14-16H2,1-3H3,(H,26,29)(H,27,28). The summed E-state index contributed by atoms with van der Waals surface area (Å²) in [5.74, 6) is 1.94. The van der Waals surface area contributed by atoms with Crippen LogP contribution in [-0.2, 0) is 22.6 Å². The second-order valence-corrected chi connectivity index (χ2v) is 7.86. The first kappa shape index (κ1) is 23.4. The van der Waals surface area contributed by atoms with E-state index in [0.29, 0.717) is 31.0 Å². The van der Waals surface area contributed by atoms with Crippen molar-refractivity contribution in [1.82, 2.24) is 10.6 Å². The molecule has 0 saturated heterocycles. The van der Waals surface area contributed by atoms with Crippen LogP contribution in [-0.4, -0.2) is 39.2 Å². The molecule has 2 amide bonds. The molecule has 2 aromatic rings. The number of amides is 2. The number of benzene rings is 2. The van der Waals surface area contributed by atoms with E-state index in [1.54, 1.807) is 20.3 Å². The normalized spacial score (nSPS) is 14.8. The molecule has 0 bridgehead atoms. The number of carbonyl (C=O) groups excluding carboxylic acids is 2. The first-order chi connectivity index (χ1) is 15.5. The summed E-state index contributed by atoms with van der Waals surface area (Å²) in [5, 5.41) is 5.70. The van der Waals surface area contributed by atoms with Gasteiger partial charge < -0.3 is 24.8 Å². The molecule has 0 radical (unpaired) electrons. The second-order valence-electron chi connectivity index (χ2n) is 7.86. The van der Waals surface area contributed by atoms with Crippen LogP contribution in [0.15, 0.2) is 36.4 Å². The molecule has 0 saturated carbocycles. The van der Waals surface area contributed by atoms with Gasteiger partial charge >= 0.3 is 0 Å². The van der Waals surface area contributed by atoms with Crippen molar-refractivity contribution in [3.63, 3.8) is 0 Å². The lowest BCUT2D eigenvalue weighted by Crippen LogP contribution is -2.28. The summed E-state index contributed by atoms with van der Waals surface area (Å²) in [5.41, 5.74) is 3.43. The Morgan fingerprint density at radius 1 is 1.00 bits per heavy atom. The minimum atomic E-state index is -0.186. The van der Waals surface area contributed by atoms with Crippen molar-refractivity contribution in [3.8, 4) is 17.2 Å². The summed E-state index contributed by atoms with van der Waals surface area (Å²) >= 11 is 0. The van der Waals surface area contributed by atoms with Crippen LogP contribution in [0.4, 0.5) is 0 Å². The van der Waals surface area contributed by atoms with E-state index in [1.807, 2.05) is 25.1 Å². The number of rotatable bonds is 10. The van der Waals surface area contributed by atoms with Crippen LogP contribution in [0.5, 0.6) is 17.2 Å². The number of aryl methyl sites for hydroxylation is 1. The highest BCUT2D eigenvalue weighted by Crippen LogP contribution is 2.36. The number of fused-ring (bicyclic) bond motifs is 1. The van der Waals surface area contributed by atoms with Gasteiger partial charge in [-0.3, -0.25) is 9.59 Å². The lowest BCUT2D eigenvalue weighted by atomic mass is 9.81. The molecule has 1 aliphatic rings. The fourth-order valence-electron chi connectivity index (χ4n) is 4.06. The molecule has 7 heteroatoms. The summed E-state index contributed by atoms with van der Waals surface area (Å²) in [6.07, 6.45) is 3.58. The minimum Gasteiger partial charge on any atom is -0.497 e. The summed E-state index contributed by atoms with van der Waals surface area (Å²) in [7, 11) is 3.22. The van der Waals surface area contributed by atoms with E-state index in [2.05, 4.69) is 22.8 Å². The number of hydrogen-bond acceptors (Lipinski definition) is 5. The molecule has 0 spiro atoms. The molecule has 3 rings (SSSR count). The van der Waals surface area contributed by atoms with Crippen molar-refractivity contribution in [2.75, 3.05) is 27.4 Å². The first-order valence-corrected chi connectivity index (χ1v) is 11.0. The Hall–Kier alpha value is -3.22. The van der Waals surface area contributed by atoms with Crippen LogP contribution in [0.2, 0.25) is 0 Å². The number of ether oxygens (including phenoxy) is 3. The fourth-order valence-corrected chi connectivity index (χ4v) is 4.06. The molecule has 0 fully saturated rings. The smallest absolute Gasteiger partial charge is 0.257 e. The van der Waals surface area contributed by atoms with E-state index in [-0.39, 0.29) is 24.3 Å². The molecular weight excluding hydrogens is 408 g/mol. The van der Waals surface area contributed by atoms with Crippen molar-refractivity contribution < 1.29 is 23.8 Å². The topological polar surface area (TPSA) is 85.9 Å². The van der Waals surface area contributed by atoms with Gasteiger partial charge in [0.25, 0.3) is 5.91 Å². The van der Waals surface area contributed by atoms with Crippen molar-refractivity contribution in [2.45, 2.75) is 45.1 Å². The monoisotopic (exact) mass is 440 g/mol. The van der Waals surface area contributed by atoms with Crippen LogP contribution in [0, 0.1) is 0 Å². The molecule has 7 nitrogen and oxygen atoms in total. The van der Waals surface area contributed by atoms with Gasteiger partial charge in [-0.1, -0.05) is 12.1 Å². The van der Waals surface area contributed by atoms with Gasteiger partial charge in [0.1, 0.15) is 5.75 Å². The Morgan fingerprint density at radius 2 is 1.84 bits per heavy atom. The Bertz CT molecular complexity index is 944. The Labute approximate surface area is 189 Å². The zero-order chi connectivity index (χ0) is 22.9. The van der Waals surface area contributed by atoms with Crippen molar-refractivity contribution in [3.05, 3.63) is 53.1 Å². The highest BCUT2D eigenvalue weighted by molar-refractivity contribution is 5.78. The van der Waals surface area contributed by atoms with Crippen LogP contribution >= 0.6 is 0 Å². The van der Waals surface area contributed by atoms with Gasteiger partial charge in [0.05, 0.1) is 14.2 Å². The molecule has 0 aliphatic heterocycles. The molecule has 0 aromatic heterocycles.